The largest absolute Gasteiger partial charge is 0.497 e. The third-order valence-electron chi connectivity index (χ3n) is 7.25. The highest BCUT2D eigenvalue weighted by Gasteiger charge is 2.42. The zero-order chi connectivity index (χ0) is 31.4. The van der Waals surface area contributed by atoms with Gasteiger partial charge in [-0.25, -0.2) is 9.59 Å². The van der Waals surface area contributed by atoms with E-state index in [0.29, 0.717) is 43.4 Å². The predicted molar refractivity (Wildman–Crippen MR) is 159 cm³/mol. The van der Waals surface area contributed by atoms with E-state index in [1.165, 1.54) is 4.90 Å². The number of amides is 1. The molecule has 1 aliphatic heterocycles. The molecule has 0 radical (unpaired) electrons. The summed E-state index contributed by atoms with van der Waals surface area (Å²) in [5.74, 6) is -2.02. The number of methoxy groups -OCH3 is 1. The second kappa shape index (κ2) is 15.9. The molecule has 0 saturated carbocycles. The number of ketones is 1. The highest BCUT2D eigenvalue weighted by molar-refractivity contribution is 6.38. The Labute approximate surface area is 252 Å². The number of carbonyl (C=O) groups is 4. The molecule has 1 saturated heterocycles. The summed E-state index contributed by atoms with van der Waals surface area (Å²) in [5.41, 5.74) is 0.541. The van der Waals surface area contributed by atoms with E-state index in [-0.39, 0.29) is 19.8 Å². The van der Waals surface area contributed by atoms with Gasteiger partial charge in [-0.3, -0.25) is 9.59 Å². The first-order chi connectivity index (χ1) is 20.6. The monoisotopic (exact) mass is 595 g/mol. The molecule has 232 valence electrons. The lowest BCUT2D eigenvalue weighted by atomic mass is 9.87. The fourth-order valence-corrected chi connectivity index (χ4v) is 4.85. The average molecular weight is 596 g/mol. The minimum atomic E-state index is -1.11. The van der Waals surface area contributed by atoms with Gasteiger partial charge < -0.3 is 29.0 Å². The number of hydrogen-bond acceptors (Lipinski definition) is 8. The van der Waals surface area contributed by atoms with E-state index in [1.807, 2.05) is 24.3 Å². The molecule has 10 nitrogen and oxygen atoms in total. The number of hydrogen-bond donors (Lipinski definition) is 1. The molecule has 2 aromatic carbocycles. The molecule has 3 rings (SSSR count). The molecule has 0 aromatic heterocycles. The molecule has 1 fully saturated rings. The van der Waals surface area contributed by atoms with Gasteiger partial charge in [-0.15, -0.1) is 6.58 Å². The Bertz CT molecular complexity index is 1270. The molecule has 0 bridgehead atoms. The molecule has 0 spiro atoms. The van der Waals surface area contributed by atoms with Crippen molar-refractivity contribution in [3.05, 3.63) is 72.3 Å². The first-order valence-electron chi connectivity index (χ1n) is 14.4. The minimum absolute atomic E-state index is 0.0419. The Hall–Kier alpha value is -4.18. The molecule has 1 heterocycles. The summed E-state index contributed by atoms with van der Waals surface area (Å²) in [6.45, 7) is 6.93. The number of ether oxygens (including phenoxy) is 4. The maximum Gasteiger partial charge on any atom is 0.341 e. The van der Waals surface area contributed by atoms with Crippen LogP contribution in [-0.4, -0.2) is 73.2 Å². The van der Waals surface area contributed by atoms with Crippen molar-refractivity contribution in [2.45, 2.75) is 58.1 Å². The normalized spacial score (nSPS) is 15.7. The van der Waals surface area contributed by atoms with Crippen LogP contribution in [0.2, 0.25) is 0 Å². The number of esters is 1. The minimum Gasteiger partial charge on any atom is -0.497 e. The molecule has 2 aromatic rings. The number of Topliss-reactive ketones (excluding diaryl/α,β-unsaturated/α-hetero) is 1. The topological polar surface area (TPSA) is 129 Å². The van der Waals surface area contributed by atoms with Gasteiger partial charge in [0, 0.05) is 6.54 Å². The van der Waals surface area contributed by atoms with Crippen LogP contribution >= 0.6 is 0 Å². The van der Waals surface area contributed by atoms with E-state index in [0.717, 1.165) is 11.3 Å². The number of carboxylic acids is 1. The van der Waals surface area contributed by atoms with Crippen LogP contribution in [0.25, 0.3) is 0 Å². The zero-order valence-electron chi connectivity index (χ0n) is 25.1. The third kappa shape index (κ3) is 9.68. The van der Waals surface area contributed by atoms with Gasteiger partial charge in [0.1, 0.15) is 23.6 Å². The van der Waals surface area contributed by atoms with E-state index >= 15 is 0 Å². The molecule has 1 aliphatic rings. The summed E-state index contributed by atoms with van der Waals surface area (Å²) in [7, 11) is 1.59. The number of carboxylic acid groups (broad SMARTS) is 1. The van der Waals surface area contributed by atoms with E-state index < -0.39 is 47.8 Å². The first-order valence-corrected chi connectivity index (χ1v) is 14.4. The lowest BCUT2D eigenvalue weighted by Crippen LogP contribution is -2.53. The summed E-state index contributed by atoms with van der Waals surface area (Å²) in [6.07, 6.45) is 3.57. The predicted octanol–water partition coefficient (Wildman–Crippen LogP) is 4.55. The first kappa shape index (κ1) is 33.3. The van der Waals surface area contributed by atoms with Crippen LogP contribution < -0.4 is 9.47 Å². The summed E-state index contributed by atoms with van der Waals surface area (Å²) in [6, 6.07) is 13.4. The van der Waals surface area contributed by atoms with Crippen LogP contribution in [0.4, 0.5) is 0 Å². The number of nitrogens with zero attached hydrogens (tertiary/aromatic N) is 1. The average Bonchev–Trinajstić information content (AvgIpc) is 3.01. The van der Waals surface area contributed by atoms with E-state index in [4.69, 9.17) is 24.1 Å². The van der Waals surface area contributed by atoms with Gasteiger partial charge in [-0.1, -0.05) is 44.2 Å². The lowest BCUT2D eigenvalue weighted by molar-refractivity contribution is -0.165. The molecular weight excluding hydrogens is 554 g/mol. The number of likely N-dealkylation sites (tertiary alicyclic amines) is 1. The molecule has 2 atom stereocenters. The Morgan fingerprint density at radius 3 is 2.51 bits per heavy atom. The maximum atomic E-state index is 13.7. The third-order valence-corrected chi connectivity index (χ3v) is 7.25. The van der Waals surface area contributed by atoms with Gasteiger partial charge >= 0.3 is 11.9 Å². The molecule has 0 unspecified atom stereocenters. The Morgan fingerprint density at radius 1 is 1.09 bits per heavy atom. The van der Waals surface area contributed by atoms with Crippen LogP contribution in [-0.2, 0) is 35.1 Å². The maximum absolute atomic E-state index is 13.7. The second-order valence-corrected chi connectivity index (χ2v) is 11.1. The fraction of sp³-hybridized carbons (Fsp3) is 0.455. The zero-order valence-corrected chi connectivity index (χ0v) is 25.1. The summed E-state index contributed by atoms with van der Waals surface area (Å²) >= 11 is 0. The van der Waals surface area contributed by atoms with Crippen LogP contribution in [0, 0.1) is 5.41 Å². The van der Waals surface area contributed by atoms with Crippen LogP contribution in [0.1, 0.15) is 56.8 Å². The number of rotatable bonds is 16. The van der Waals surface area contributed by atoms with Crippen molar-refractivity contribution in [2.75, 3.05) is 33.5 Å². The van der Waals surface area contributed by atoms with Gasteiger partial charge in [0.05, 0.1) is 25.7 Å². The van der Waals surface area contributed by atoms with Crippen molar-refractivity contribution >= 4 is 23.6 Å². The van der Waals surface area contributed by atoms with E-state index in [2.05, 4.69) is 6.58 Å². The van der Waals surface area contributed by atoms with Gasteiger partial charge in [-0.05, 0) is 67.5 Å². The van der Waals surface area contributed by atoms with Crippen LogP contribution in [0.15, 0.2) is 61.2 Å². The van der Waals surface area contributed by atoms with Crippen molar-refractivity contribution in [1.29, 1.82) is 0 Å². The van der Waals surface area contributed by atoms with Gasteiger partial charge in [-0.2, -0.15) is 0 Å². The molecule has 0 aliphatic carbocycles. The molecular formula is C33H41NO9. The van der Waals surface area contributed by atoms with Crippen molar-refractivity contribution in [2.24, 2.45) is 5.41 Å². The standard InChI is InChI=1S/C33H41NO9/c1-5-19-41-22-33(2,3)30(37)31(38)34-18-7-6-11-27(34)32(39)43-28(17-14-23-12-15-25(40-4)16-13-23)24-9-8-10-26(20-24)42-21-29(35)36/h5,8-10,12-13,15-16,20,27-28H,1,6-7,11,14,17-19,21-22H2,2-4H3,(H,35,36)/t27-,28+/m0/s1. The SMILES string of the molecule is C=CCOCC(C)(C)C(=O)C(=O)N1CCCC[C@H]1C(=O)O[C@H](CCc1ccc(OC)cc1)c1cccc(OCC(=O)O)c1. The smallest absolute Gasteiger partial charge is 0.341 e. The van der Waals surface area contributed by atoms with Crippen molar-refractivity contribution in [3.63, 3.8) is 0 Å². The van der Waals surface area contributed by atoms with E-state index in [9.17, 15) is 19.2 Å². The molecule has 1 N–H and O–H groups in total. The van der Waals surface area contributed by atoms with Gasteiger partial charge in [0.2, 0.25) is 5.78 Å². The summed E-state index contributed by atoms with van der Waals surface area (Å²) < 4.78 is 22.1. The lowest BCUT2D eigenvalue weighted by Gasteiger charge is -2.36. The van der Waals surface area contributed by atoms with Gasteiger partial charge in [0.15, 0.2) is 6.61 Å². The molecule has 1 amide bonds. The molecule has 10 heteroatoms. The highest BCUT2D eigenvalue weighted by Crippen LogP contribution is 2.30. The number of benzene rings is 2. The quantitative estimate of drug-likeness (QED) is 0.129. The van der Waals surface area contributed by atoms with Crippen molar-refractivity contribution in [1.82, 2.24) is 4.90 Å². The summed E-state index contributed by atoms with van der Waals surface area (Å²) in [5, 5.41) is 9.01. The Balaban J connectivity index is 1.81. The fourth-order valence-electron chi connectivity index (χ4n) is 4.85. The van der Waals surface area contributed by atoms with Crippen LogP contribution in [0.3, 0.4) is 0 Å². The van der Waals surface area contributed by atoms with E-state index in [1.54, 1.807) is 51.3 Å². The number of aryl methyl sites for hydroxylation is 1. The number of carbonyl (C=O) groups excluding carboxylic acids is 3. The number of aliphatic carboxylic acids is 1. The molecule has 43 heavy (non-hydrogen) atoms. The van der Waals surface area contributed by atoms with Crippen molar-refractivity contribution < 1.29 is 43.2 Å². The van der Waals surface area contributed by atoms with Crippen LogP contribution in [0.5, 0.6) is 11.5 Å². The number of piperidine rings is 1. The van der Waals surface area contributed by atoms with Crippen molar-refractivity contribution in [3.8, 4) is 11.5 Å². The highest BCUT2D eigenvalue weighted by atomic mass is 16.5. The Morgan fingerprint density at radius 2 is 1.84 bits per heavy atom. The van der Waals surface area contributed by atoms with Gasteiger partial charge in [0.25, 0.3) is 5.91 Å². The Kier molecular flexibility index (Phi) is 12.3. The second-order valence-electron chi connectivity index (χ2n) is 11.1. The summed E-state index contributed by atoms with van der Waals surface area (Å²) in [4.78, 5) is 52.6.